The Labute approximate surface area is 125 Å². The first kappa shape index (κ1) is 15.0. The van der Waals surface area contributed by atoms with Crippen LogP contribution in [0.5, 0.6) is 0 Å². The van der Waals surface area contributed by atoms with E-state index in [0.29, 0.717) is 5.82 Å². The Balaban J connectivity index is 2.19. The summed E-state index contributed by atoms with van der Waals surface area (Å²) in [5.74, 6) is 0.324. The van der Waals surface area contributed by atoms with Gasteiger partial charge in [0.25, 0.3) is 0 Å². The summed E-state index contributed by atoms with van der Waals surface area (Å²) in [6, 6.07) is 11.4. The van der Waals surface area contributed by atoms with E-state index in [2.05, 4.69) is 29.0 Å². The molecule has 0 aliphatic carbocycles. The molecular weight excluding hydrogens is 264 g/mol. The molecule has 21 heavy (non-hydrogen) atoms. The number of aryl methyl sites for hydroxylation is 1. The summed E-state index contributed by atoms with van der Waals surface area (Å²) in [4.78, 5) is 2.26. The maximum absolute atomic E-state index is 11.6. The monoisotopic (exact) mass is 284 g/mol. The van der Waals surface area contributed by atoms with Crippen molar-refractivity contribution in [3.8, 4) is 0 Å². The molecule has 0 spiro atoms. The first-order valence-electron chi connectivity index (χ1n) is 7.11. The third kappa shape index (κ3) is 3.56. The van der Waals surface area contributed by atoms with Crippen LogP contribution in [0.2, 0.25) is 0 Å². The molecule has 0 saturated carbocycles. The van der Waals surface area contributed by atoms with Crippen molar-refractivity contribution in [1.29, 1.82) is 0 Å². The Bertz CT molecular complexity index is 598. The number of hydrogen-bond acceptors (Lipinski definition) is 4. The number of aromatic nitrogens is 1. The molecule has 1 aromatic carbocycles. The van der Waals surface area contributed by atoms with E-state index in [9.17, 15) is 5.21 Å². The molecular formula is C16H20N4O. The zero-order valence-corrected chi connectivity index (χ0v) is 12.7. The highest BCUT2D eigenvalue weighted by Crippen LogP contribution is 2.22. The third-order valence-corrected chi connectivity index (χ3v) is 3.37. The van der Waals surface area contributed by atoms with E-state index < -0.39 is 0 Å². The van der Waals surface area contributed by atoms with E-state index in [-0.39, 0.29) is 0 Å². The summed E-state index contributed by atoms with van der Waals surface area (Å²) in [6.07, 6.45) is 1.42. The van der Waals surface area contributed by atoms with Gasteiger partial charge in [0.2, 0.25) is 0 Å². The topological polar surface area (TPSA) is 54.9 Å². The van der Waals surface area contributed by atoms with Crippen molar-refractivity contribution in [3.05, 3.63) is 53.4 Å². The molecule has 0 aliphatic heterocycles. The number of azo groups is 1. The highest BCUT2D eigenvalue weighted by Gasteiger charge is 2.08. The zero-order valence-electron chi connectivity index (χ0n) is 12.7. The highest BCUT2D eigenvalue weighted by molar-refractivity contribution is 5.52. The van der Waals surface area contributed by atoms with Crippen LogP contribution in [-0.4, -0.2) is 13.1 Å². The van der Waals surface area contributed by atoms with Crippen LogP contribution in [0.15, 0.2) is 52.8 Å². The van der Waals surface area contributed by atoms with Gasteiger partial charge in [-0.2, -0.15) is 0 Å². The van der Waals surface area contributed by atoms with Crippen molar-refractivity contribution >= 4 is 17.2 Å². The fourth-order valence-corrected chi connectivity index (χ4v) is 2.13. The van der Waals surface area contributed by atoms with Crippen molar-refractivity contribution in [2.24, 2.45) is 10.2 Å². The summed E-state index contributed by atoms with van der Waals surface area (Å²) >= 11 is 0. The minimum atomic E-state index is 0.324. The number of benzene rings is 1. The third-order valence-electron chi connectivity index (χ3n) is 3.37. The summed E-state index contributed by atoms with van der Waals surface area (Å²) in [5.41, 5.74) is 2.69. The van der Waals surface area contributed by atoms with Gasteiger partial charge >= 0.3 is 5.82 Å². The largest absolute Gasteiger partial charge is 0.710 e. The van der Waals surface area contributed by atoms with Crippen LogP contribution in [0.25, 0.3) is 0 Å². The minimum absolute atomic E-state index is 0.324. The molecule has 5 heteroatoms. The average Bonchev–Trinajstić information content (AvgIpc) is 2.49. The van der Waals surface area contributed by atoms with Crippen LogP contribution in [0.4, 0.5) is 17.2 Å². The number of hydrogen-bond donors (Lipinski definition) is 0. The molecule has 0 atom stereocenters. The summed E-state index contributed by atoms with van der Waals surface area (Å²) in [5, 5.41) is 19.8. The second kappa shape index (κ2) is 6.83. The van der Waals surface area contributed by atoms with E-state index in [0.717, 1.165) is 34.8 Å². The van der Waals surface area contributed by atoms with Gasteiger partial charge in [-0.15, -0.1) is 0 Å². The Morgan fingerprint density at radius 3 is 2.29 bits per heavy atom. The SMILES string of the molecule is CCN(CC)c1ccc(N=Nc2c(C)ccc[n+]2[O-])cc1. The van der Waals surface area contributed by atoms with Crippen LogP contribution in [-0.2, 0) is 0 Å². The lowest BCUT2D eigenvalue weighted by molar-refractivity contribution is -0.592. The van der Waals surface area contributed by atoms with E-state index in [1.165, 1.54) is 6.20 Å². The van der Waals surface area contributed by atoms with E-state index in [4.69, 9.17) is 0 Å². The predicted molar refractivity (Wildman–Crippen MR) is 84.3 cm³/mol. The molecule has 2 rings (SSSR count). The van der Waals surface area contributed by atoms with Crippen molar-refractivity contribution < 1.29 is 4.73 Å². The van der Waals surface area contributed by atoms with Gasteiger partial charge in [0.05, 0.1) is 11.3 Å². The van der Waals surface area contributed by atoms with Crippen LogP contribution in [0.1, 0.15) is 19.4 Å². The first-order chi connectivity index (χ1) is 10.2. The number of anilines is 1. The maximum atomic E-state index is 11.6. The highest BCUT2D eigenvalue weighted by atomic mass is 16.5. The van der Waals surface area contributed by atoms with E-state index in [1.54, 1.807) is 6.07 Å². The average molecular weight is 284 g/mol. The van der Waals surface area contributed by atoms with Crippen molar-refractivity contribution in [3.63, 3.8) is 0 Å². The molecule has 0 bridgehead atoms. The van der Waals surface area contributed by atoms with Gasteiger partial charge in [0.15, 0.2) is 0 Å². The fourth-order valence-electron chi connectivity index (χ4n) is 2.13. The molecule has 2 aromatic rings. The van der Waals surface area contributed by atoms with Gasteiger partial charge in [0.1, 0.15) is 5.69 Å². The molecule has 0 radical (unpaired) electrons. The molecule has 5 nitrogen and oxygen atoms in total. The molecule has 0 aliphatic rings. The smallest absolute Gasteiger partial charge is 0.356 e. The quantitative estimate of drug-likeness (QED) is 0.475. The molecule has 110 valence electrons. The zero-order chi connectivity index (χ0) is 15.2. The van der Waals surface area contributed by atoms with Crippen molar-refractivity contribution in [2.75, 3.05) is 18.0 Å². The van der Waals surface area contributed by atoms with E-state index >= 15 is 0 Å². The number of nitrogens with zero attached hydrogens (tertiary/aromatic N) is 4. The lowest BCUT2D eigenvalue weighted by atomic mass is 10.2. The van der Waals surface area contributed by atoms with Crippen molar-refractivity contribution in [2.45, 2.75) is 20.8 Å². The second-order valence-electron chi connectivity index (χ2n) is 4.73. The number of pyridine rings is 1. The van der Waals surface area contributed by atoms with Crippen molar-refractivity contribution in [1.82, 2.24) is 0 Å². The number of rotatable bonds is 5. The summed E-state index contributed by atoms with van der Waals surface area (Å²) in [6.45, 7) is 8.03. The lowest BCUT2D eigenvalue weighted by Crippen LogP contribution is -2.25. The van der Waals surface area contributed by atoms with Gasteiger partial charge in [-0.25, -0.2) is 4.73 Å². The van der Waals surface area contributed by atoms with Gasteiger partial charge in [-0.3, -0.25) is 0 Å². The standard InChI is InChI=1S/C16H20N4O/c1-4-19(5-2)15-10-8-14(9-11-15)17-18-16-13(3)7-6-12-20(16)21/h6-12H,4-5H2,1-3H3. The fraction of sp³-hybridized carbons (Fsp3) is 0.312. The Morgan fingerprint density at radius 2 is 1.71 bits per heavy atom. The molecule has 0 fully saturated rings. The normalized spacial score (nSPS) is 11.0. The van der Waals surface area contributed by atoms with Crippen LogP contribution in [0, 0.1) is 12.1 Å². The molecule has 1 aromatic heterocycles. The van der Waals surface area contributed by atoms with Crippen LogP contribution in [0.3, 0.4) is 0 Å². The lowest BCUT2D eigenvalue weighted by Gasteiger charge is -2.20. The van der Waals surface area contributed by atoms with Crippen LogP contribution >= 0.6 is 0 Å². The Hall–Kier alpha value is -2.43. The molecule has 0 N–H and O–H groups in total. The van der Waals surface area contributed by atoms with Gasteiger partial charge < -0.3 is 10.1 Å². The molecule has 1 heterocycles. The van der Waals surface area contributed by atoms with Crippen LogP contribution < -0.4 is 9.63 Å². The molecule has 0 saturated heterocycles. The van der Waals surface area contributed by atoms with E-state index in [1.807, 2.05) is 37.3 Å². The second-order valence-corrected chi connectivity index (χ2v) is 4.73. The first-order valence-corrected chi connectivity index (χ1v) is 7.11. The summed E-state index contributed by atoms with van der Waals surface area (Å²) in [7, 11) is 0. The Kier molecular flexibility index (Phi) is 4.87. The predicted octanol–water partition coefficient (Wildman–Crippen LogP) is 3.89. The maximum Gasteiger partial charge on any atom is 0.356 e. The van der Waals surface area contributed by atoms with Gasteiger partial charge in [-0.1, -0.05) is 0 Å². The van der Waals surface area contributed by atoms with Gasteiger partial charge in [-0.05, 0) is 62.3 Å². The summed E-state index contributed by atoms with van der Waals surface area (Å²) < 4.78 is 0.725. The minimum Gasteiger partial charge on any atom is -0.710 e. The molecule has 0 unspecified atom stereocenters. The Morgan fingerprint density at radius 1 is 1.05 bits per heavy atom. The van der Waals surface area contributed by atoms with Gasteiger partial charge in [0, 0.05) is 24.3 Å². The molecule has 0 amide bonds.